The molecule has 1 aromatic heterocycles. The minimum atomic E-state index is -3.56. The second-order valence-corrected chi connectivity index (χ2v) is 10.7. The first-order valence-electron chi connectivity index (χ1n) is 11.9. The number of anilines is 2. The highest BCUT2D eigenvalue weighted by Gasteiger charge is 2.31. The van der Waals surface area contributed by atoms with E-state index in [1.807, 2.05) is 54.6 Å². The number of piperazine rings is 1. The predicted octanol–water partition coefficient (Wildman–Crippen LogP) is 4.45. The van der Waals surface area contributed by atoms with E-state index >= 15 is 0 Å². The van der Waals surface area contributed by atoms with Gasteiger partial charge in [0.15, 0.2) is 0 Å². The molecular weight excluding hydrogens is 474 g/mol. The number of nitrogens with one attached hydrogen (secondary N) is 1. The molecule has 0 aliphatic carbocycles. The van der Waals surface area contributed by atoms with Crippen molar-refractivity contribution in [2.45, 2.75) is 17.9 Å². The first kappa shape index (κ1) is 24.2. The Morgan fingerprint density at radius 2 is 1.53 bits per heavy atom. The molecule has 3 aromatic carbocycles. The third-order valence-electron chi connectivity index (χ3n) is 6.55. The van der Waals surface area contributed by atoms with Gasteiger partial charge in [0.25, 0.3) is 0 Å². The van der Waals surface area contributed by atoms with Crippen LogP contribution in [-0.4, -0.2) is 60.9 Å². The van der Waals surface area contributed by atoms with E-state index in [0.29, 0.717) is 37.8 Å². The quantitative estimate of drug-likeness (QED) is 0.399. The second-order valence-electron chi connectivity index (χ2n) is 8.73. The number of fused-ring (bicyclic) bond motifs is 1. The number of ether oxygens (including phenoxy) is 1. The molecule has 1 aliphatic heterocycles. The van der Waals surface area contributed by atoms with Crippen LogP contribution in [0.4, 0.5) is 11.5 Å². The third-order valence-corrected chi connectivity index (χ3v) is 8.46. The summed E-state index contributed by atoms with van der Waals surface area (Å²) < 4.78 is 33.0. The van der Waals surface area contributed by atoms with Gasteiger partial charge in [0.2, 0.25) is 10.0 Å². The van der Waals surface area contributed by atoms with Crippen LogP contribution in [0.5, 0.6) is 5.75 Å². The molecule has 8 nitrogen and oxygen atoms in total. The molecule has 2 heterocycles. The van der Waals surface area contributed by atoms with E-state index < -0.39 is 10.0 Å². The van der Waals surface area contributed by atoms with Crippen molar-refractivity contribution in [2.24, 2.45) is 0 Å². The zero-order valence-electron chi connectivity index (χ0n) is 20.3. The van der Waals surface area contributed by atoms with E-state index in [0.717, 1.165) is 22.4 Å². The second kappa shape index (κ2) is 10.2. The first-order valence-corrected chi connectivity index (χ1v) is 13.4. The van der Waals surface area contributed by atoms with Crippen LogP contribution in [0.15, 0.2) is 83.8 Å². The van der Waals surface area contributed by atoms with Gasteiger partial charge in [0.1, 0.15) is 17.4 Å². The maximum Gasteiger partial charge on any atom is 0.243 e. The maximum absolute atomic E-state index is 13.1. The highest BCUT2D eigenvalue weighted by Crippen LogP contribution is 2.28. The van der Waals surface area contributed by atoms with E-state index in [-0.39, 0.29) is 10.9 Å². The lowest BCUT2D eigenvalue weighted by Crippen LogP contribution is -2.49. The first-order chi connectivity index (χ1) is 17.5. The van der Waals surface area contributed by atoms with Gasteiger partial charge in [-0.2, -0.15) is 4.31 Å². The Balaban J connectivity index is 1.34. The van der Waals surface area contributed by atoms with Crippen molar-refractivity contribution in [1.29, 1.82) is 0 Å². The molecule has 0 radical (unpaired) electrons. The minimum Gasteiger partial charge on any atom is -0.497 e. The Hall–Kier alpha value is -3.53. The van der Waals surface area contributed by atoms with Crippen LogP contribution >= 0.6 is 0 Å². The summed E-state index contributed by atoms with van der Waals surface area (Å²) in [5.41, 5.74) is 1.82. The van der Waals surface area contributed by atoms with Crippen LogP contribution in [0.2, 0.25) is 0 Å². The maximum atomic E-state index is 13.1. The largest absolute Gasteiger partial charge is 0.497 e. The Labute approximate surface area is 211 Å². The number of methoxy groups -OCH3 is 1. The van der Waals surface area contributed by atoms with E-state index in [1.165, 1.54) is 0 Å². The fourth-order valence-electron chi connectivity index (χ4n) is 4.43. The number of para-hydroxylation sites is 2. The molecule has 0 amide bonds. The molecule has 186 valence electrons. The molecule has 1 atom stereocenters. The Morgan fingerprint density at radius 3 is 2.22 bits per heavy atom. The smallest absolute Gasteiger partial charge is 0.243 e. The molecule has 36 heavy (non-hydrogen) atoms. The monoisotopic (exact) mass is 503 g/mol. The molecule has 0 saturated carbocycles. The Morgan fingerprint density at radius 1 is 0.861 bits per heavy atom. The lowest BCUT2D eigenvalue weighted by Gasteiger charge is -2.36. The molecule has 1 aliphatic rings. The van der Waals surface area contributed by atoms with Crippen LogP contribution in [0.25, 0.3) is 10.9 Å². The number of sulfonamides is 1. The highest BCUT2D eigenvalue weighted by atomic mass is 32.2. The minimum absolute atomic E-state index is 0.0724. The van der Waals surface area contributed by atoms with Crippen LogP contribution in [0, 0.1) is 0 Å². The van der Waals surface area contributed by atoms with Gasteiger partial charge >= 0.3 is 0 Å². The topological polar surface area (TPSA) is 87.7 Å². The summed E-state index contributed by atoms with van der Waals surface area (Å²) in [7, 11) is -2.00. The fourth-order valence-corrected chi connectivity index (χ4v) is 5.85. The number of hydrogen-bond acceptors (Lipinski definition) is 7. The number of hydrogen-bond donors (Lipinski definition) is 1. The Kier molecular flexibility index (Phi) is 6.86. The summed E-state index contributed by atoms with van der Waals surface area (Å²) in [6, 6.07) is 24.3. The van der Waals surface area contributed by atoms with Crippen molar-refractivity contribution >= 4 is 32.4 Å². The number of benzene rings is 3. The number of rotatable bonds is 7. The van der Waals surface area contributed by atoms with E-state index in [9.17, 15) is 8.42 Å². The molecular formula is C27H29N5O3S. The van der Waals surface area contributed by atoms with Crippen LogP contribution < -0.4 is 10.1 Å². The molecule has 0 spiro atoms. The molecule has 1 unspecified atom stereocenters. The summed E-state index contributed by atoms with van der Waals surface area (Å²) in [4.78, 5) is 12.3. The van der Waals surface area contributed by atoms with Gasteiger partial charge in [-0.15, -0.1) is 0 Å². The van der Waals surface area contributed by atoms with Crippen molar-refractivity contribution in [3.63, 3.8) is 0 Å². The van der Waals surface area contributed by atoms with E-state index in [4.69, 9.17) is 14.7 Å². The van der Waals surface area contributed by atoms with Crippen LogP contribution in [0.3, 0.4) is 0 Å². The highest BCUT2D eigenvalue weighted by molar-refractivity contribution is 7.89. The van der Waals surface area contributed by atoms with Gasteiger partial charge in [-0.05, 0) is 55.5 Å². The van der Waals surface area contributed by atoms with Crippen molar-refractivity contribution in [2.75, 3.05) is 38.6 Å². The zero-order valence-corrected chi connectivity index (χ0v) is 21.1. The van der Waals surface area contributed by atoms with Gasteiger partial charge in [-0.3, -0.25) is 4.90 Å². The molecule has 0 bridgehead atoms. The van der Waals surface area contributed by atoms with Gasteiger partial charge < -0.3 is 10.1 Å². The van der Waals surface area contributed by atoms with Crippen LogP contribution in [-0.2, 0) is 10.0 Å². The zero-order chi connectivity index (χ0) is 25.1. The molecule has 9 heteroatoms. The average molecular weight is 504 g/mol. The van der Waals surface area contributed by atoms with Crippen molar-refractivity contribution < 1.29 is 13.2 Å². The van der Waals surface area contributed by atoms with Crippen molar-refractivity contribution in [3.8, 4) is 5.75 Å². The lowest BCUT2D eigenvalue weighted by molar-refractivity contribution is 0.141. The van der Waals surface area contributed by atoms with Gasteiger partial charge in [0.05, 0.1) is 23.6 Å². The Bertz CT molecular complexity index is 1440. The number of aromatic nitrogens is 2. The number of nitrogens with zero attached hydrogens (tertiary/aromatic N) is 4. The normalized spacial score (nSPS) is 16.1. The lowest BCUT2D eigenvalue weighted by atomic mass is 10.2. The fraction of sp³-hybridized carbons (Fsp3) is 0.259. The van der Waals surface area contributed by atoms with E-state index in [1.54, 1.807) is 35.7 Å². The average Bonchev–Trinajstić information content (AvgIpc) is 2.93. The summed E-state index contributed by atoms with van der Waals surface area (Å²) in [6.07, 6.45) is 0. The third kappa shape index (κ3) is 4.90. The van der Waals surface area contributed by atoms with Crippen molar-refractivity contribution in [1.82, 2.24) is 19.2 Å². The summed E-state index contributed by atoms with van der Waals surface area (Å²) in [6.45, 7) is 4.06. The molecule has 4 aromatic rings. The standard InChI is InChI=1S/C27H29N5O3S/c1-20(31-16-18-32(19-17-31)36(33,34)23-14-12-22(35-2)13-15-23)26-29-25-11-7-6-10-24(25)27(30-26)28-21-8-4-3-5-9-21/h3-15,20H,16-19H2,1-2H3,(H,28,29,30). The van der Waals surface area contributed by atoms with E-state index in [2.05, 4.69) is 17.1 Å². The summed E-state index contributed by atoms with van der Waals surface area (Å²) in [5, 5.41) is 4.38. The van der Waals surface area contributed by atoms with Crippen LogP contribution in [0.1, 0.15) is 18.8 Å². The molecule has 5 rings (SSSR count). The predicted molar refractivity (Wildman–Crippen MR) is 141 cm³/mol. The molecule has 1 fully saturated rings. The van der Waals surface area contributed by atoms with Gasteiger partial charge in [-0.25, -0.2) is 18.4 Å². The SMILES string of the molecule is COc1ccc(S(=O)(=O)N2CCN(C(C)c3nc(Nc4ccccc4)c4ccccc4n3)CC2)cc1. The molecule has 1 N–H and O–H groups in total. The molecule has 1 saturated heterocycles. The van der Waals surface area contributed by atoms with Gasteiger partial charge in [-0.1, -0.05) is 30.3 Å². The summed E-state index contributed by atoms with van der Waals surface area (Å²) in [5.74, 6) is 2.09. The summed E-state index contributed by atoms with van der Waals surface area (Å²) >= 11 is 0. The van der Waals surface area contributed by atoms with Gasteiger partial charge in [0, 0.05) is 37.3 Å². The van der Waals surface area contributed by atoms with Crippen molar-refractivity contribution in [3.05, 3.63) is 84.7 Å².